The molecule has 0 saturated carbocycles. The van der Waals surface area contributed by atoms with Gasteiger partial charge in [0.05, 0.1) is 36.1 Å². The molecule has 0 fully saturated rings. The largest absolute Gasteiger partial charge is 0.497 e. The molecule has 1 aliphatic heterocycles. The van der Waals surface area contributed by atoms with E-state index in [1.54, 1.807) is 24.7 Å². The number of rotatable bonds is 8. The minimum Gasteiger partial charge on any atom is -0.497 e. The number of carbonyl (C=O) groups excluding carboxylic acids is 1. The maximum absolute atomic E-state index is 14.0. The number of nitrogens with zero attached hydrogens (tertiary/aromatic N) is 2. The number of anilines is 1. The van der Waals surface area contributed by atoms with Gasteiger partial charge in [0.25, 0.3) is 11.5 Å². The van der Waals surface area contributed by atoms with E-state index in [0.717, 1.165) is 24.0 Å². The molecule has 1 aliphatic rings. The molecule has 7 nitrogen and oxygen atoms in total. The summed E-state index contributed by atoms with van der Waals surface area (Å²) in [5, 5.41) is 2.97. The van der Waals surface area contributed by atoms with E-state index in [4.69, 9.17) is 14.5 Å². The van der Waals surface area contributed by atoms with Gasteiger partial charge in [0.1, 0.15) is 18.1 Å². The van der Waals surface area contributed by atoms with Gasteiger partial charge in [0.15, 0.2) is 4.80 Å². The molecule has 1 amide bonds. The third-order valence-electron chi connectivity index (χ3n) is 6.39. The predicted octanol–water partition coefficient (Wildman–Crippen LogP) is 5.66. The van der Waals surface area contributed by atoms with Gasteiger partial charge in [-0.1, -0.05) is 54.3 Å². The summed E-state index contributed by atoms with van der Waals surface area (Å²) < 4.78 is 15.1. The molecule has 208 valence electrons. The number of allylic oxidation sites excluding steroid dienone is 1. The van der Waals surface area contributed by atoms with Crippen molar-refractivity contribution in [3.05, 3.63) is 129 Å². The molecule has 5 rings (SSSR count). The number of halogens is 2. The van der Waals surface area contributed by atoms with Gasteiger partial charge >= 0.3 is 0 Å². The lowest BCUT2D eigenvalue weighted by Gasteiger charge is -2.25. The Balaban J connectivity index is 1.64. The van der Waals surface area contributed by atoms with Crippen LogP contribution in [-0.4, -0.2) is 24.2 Å². The van der Waals surface area contributed by atoms with Crippen LogP contribution in [0.2, 0.25) is 0 Å². The highest BCUT2D eigenvalue weighted by atomic mass is 127. The van der Waals surface area contributed by atoms with Gasteiger partial charge in [0.2, 0.25) is 0 Å². The minimum atomic E-state index is -0.669. The Kier molecular flexibility index (Phi) is 9.09. The van der Waals surface area contributed by atoms with Crippen molar-refractivity contribution in [1.29, 1.82) is 0 Å². The summed E-state index contributed by atoms with van der Waals surface area (Å²) in [5.74, 6) is 1.16. The lowest BCUT2D eigenvalue weighted by atomic mass is 9.95. The first-order valence-corrected chi connectivity index (χ1v) is 15.5. The van der Waals surface area contributed by atoms with Gasteiger partial charge in [-0.25, -0.2) is 4.99 Å². The normalized spacial score (nSPS) is 14.7. The van der Waals surface area contributed by atoms with Crippen LogP contribution < -0.4 is 29.7 Å². The number of nitrogens with one attached hydrogen (secondary N) is 1. The molecule has 0 saturated heterocycles. The van der Waals surface area contributed by atoms with Crippen LogP contribution in [0.5, 0.6) is 11.5 Å². The van der Waals surface area contributed by atoms with Crippen LogP contribution in [0.4, 0.5) is 5.69 Å². The van der Waals surface area contributed by atoms with Gasteiger partial charge in [-0.3, -0.25) is 14.2 Å². The number of hydrogen-bond acceptors (Lipinski definition) is 6. The second-order valence-electron chi connectivity index (χ2n) is 9.09. The number of para-hydroxylation sites is 1. The number of fused-ring (bicyclic) bond motifs is 1. The van der Waals surface area contributed by atoms with Crippen molar-refractivity contribution in [3.63, 3.8) is 0 Å². The molecule has 0 bridgehead atoms. The molecule has 2 heterocycles. The van der Waals surface area contributed by atoms with Crippen molar-refractivity contribution in [3.8, 4) is 11.5 Å². The first-order chi connectivity index (χ1) is 19.8. The molecule has 10 heteroatoms. The highest BCUT2D eigenvalue weighted by molar-refractivity contribution is 14.1. The number of hydrogen-bond donors (Lipinski definition) is 1. The summed E-state index contributed by atoms with van der Waals surface area (Å²) in [6, 6.07) is 19.9. The third-order valence-corrected chi connectivity index (χ3v) is 8.98. The SMILES string of the molecule is C=CCOc1c(I)cc(/C=c2/sc3n(c2=O)[C@H](c2ccc(OC)cc2)C(C(=O)Nc2ccccc2)=C(C)N=3)cc1I. The Labute approximate surface area is 268 Å². The number of thiazole rings is 1. The summed E-state index contributed by atoms with van der Waals surface area (Å²) in [7, 11) is 1.60. The first-order valence-electron chi connectivity index (χ1n) is 12.6. The number of benzene rings is 3. The first kappa shape index (κ1) is 29.3. The molecule has 41 heavy (non-hydrogen) atoms. The topological polar surface area (TPSA) is 81.9 Å². The predicted molar refractivity (Wildman–Crippen MR) is 179 cm³/mol. The van der Waals surface area contributed by atoms with Crippen LogP contribution in [0.3, 0.4) is 0 Å². The smallest absolute Gasteiger partial charge is 0.271 e. The Hall–Kier alpha value is -3.23. The van der Waals surface area contributed by atoms with Crippen molar-refractivity contribution in [2.75, 3.05) is 19.0 Å². The summed E-state index contributed by atoms with van der Waals surface area (Å²) in [6.07, 6.45) is 3.57. The zero-order chi connectivity index (χ0) is 29.1. The zero-order valence-electron chi connectivity index (χ0n) is 22.2. The van der Waals surface area contributed by atoms with Gasteiger partial charge in [-0.15, -0.1) is 0 Å². The number of amides is 1. The fourth-order valence-corrected chi connectivity index (χ4v) is 7.70. The lowest BCUT2D eigenvalue weighted by Crippen LogP contribution is -2.40. The average molecular weight is 789 g/mol. The van der Waals surface area contributed by atoms with E-state index in [9.17, 15) is 9.59 Å². The molecule has 0 spiro atoms. The third kappa shape index (κ3) is 6.19. The fraction of sp³-hybridized carbons (Fsp3) is 0.129. The van der Waals surface area contributed by atoms with Crippen molar-refractivity contribution in [1.82, 2.24) is 4.57 Å². The van der Waals surface area contributed by atoms with E-state index in [1.807, 2.05) is 72.8 Å². The molecule has 0 unspecified atom stereocenters. The number of aromatic nitrogens is 1. The minimum absolute atomic E-state index is 0.218. The Morgan fingerprint density at radius 1 is 1.12 bits per heavy atom. The molecule has 4 aromatic rings. The van der Waals surface area contributed by atoms with Crippen LogP contribution in [0.1, 0.15) is 24.1 Å². The molecular formula is C31H25I2N3O4S. The van der Waals surface area contributed by atoms with Crippen LogP contribution in [0.15, 0.2) is 100 Å². The second-order valence-corrected chi connectivity index (χ2v) is 12.4. The van der Waals surface area contributed by atoms with Gasteiger partial charge in [-0.05, 0) is 106 Å². The van der Waals surface area contributed by atoms with Crippen molar-refractivity contribution in [2.45, 2.75) is 13.0 Å². The Bertz CT molecular complexity index is 1820. The number of methoxy groups -OCH3 is 1. The quantitative estimate of drug-likeness (QED) is 0.185. The van der Waals surface area contributed by atoms with Gasteiger partial charge in [0, 0.05) is 5.69 Å². The van der Waals surface area contributed by atoms with Crippen LogP contribution in [0, 0.1) is 7.14 Å². The van der Waals surface area contributed by atoms with E-state index in [-0.39, 0.29) is 11.5 Å². The standard InChI is InChI=1S/C31H25I2N3O4S/c1-4-14-40-28-23(32)15-19(16-24(28)33)17-25-30(38)36-27(20-10-12-22(39-3)13-11-20)26(18(2)34-31(36)41-25)29(37)35-21-8-6-5-7-9-21/h4-13,15-17,27H,1,14H2,2-3H3,(H,35,37)/b25-17+/t27-/m1/s1. The second kappa shape index (κ2) is 12.7. The molecule has 1 atom stereocenters. The van der Waals surface area contributed by atoms with Crippen LogP contribution in [-0.2, 0) is 4.79 Å². The number of ether oxygens (including phenoxy) is 2. The summed E-state index contributed by atoms with van der Waals surface area (Å²) >= 11 is 5.77. The van der Waals surface area contributed by atoms with Crippen molar-refractivity contribution < 1.29 is 14.3 Å². The maximum Gasteiger partial charge on any atom is 0.271 e. The summed E-state index contributed by atoms with van der Waals surface area (Å²) in [5.41, 5.74) is 3.05. The molecule has 1 N–H and O–H groups in total. The Morgan fingerprint density at radius 3 is 2.44 bits per heavy atom. The average Bonchev–Trinajstić information content (AvgIpc) is 3.26. The molecular weight excluding hydrogens is 764 g/mol. The van der Waals surface area contributed by atoms with Crippen LogP contribution >= 0.6 is 56.5 Å². The lowest BCUT2D eigenvalue weighted by molar-refractivity contribution is -0.113. The highest BCUT2D eigenvalue weighted by Gasteiger charge is 2.32. The summed E-state index contributed by atoms with van der Waals surface area (Å²) in [6.45, 7) is 5.93. The number of carbonyl (C=O) groups is 1. The van der Waals surface area contributed by atoms with E-state index < -0.39 is 6.04 Å². The van der Waals surface area contributed by atoms with E-state index >= 15 is 0 Å². The molecule has 3 aromatic carbocycles. The van der Waals surface area contributed by atoms with E-state index in [0.29, 0.717) is 38.6 Å². The van der Waals surface area contributed by atoms with Crippen LogP contribution in [0.25, 0.3) is 6.08 Å². The monoisotopic (exact) mass is 789 g/mol. The van der Waals surface area contributed by atoms with E-state index in [2.05, 4.69) is 57.1 Å². The van der Waals surface area contributed by atoms with Gasteiger partial charge < -0.3 is 14.8 Å². The fourth-order valence-electron chi connectivity index (χ4n) is 4.53. The maximum atomic E-state index is 14.0. The van der Waals surface area contributed by atoms with Gasteiger partial charge in [-0.2, -0.15) is 0 Å². The van der Waals surface area contributed by atoms with E-state index in [1.165, 1.54) is 11.3 Å². The zero-order valence-corrected chi connectivity index (χ0v) is 27.3. The van der Waals surface area contributed by atoms with Crippen molar-refractivity contribution >= 4 is 74.2 Å². The molecule has 0 radical (unpaired) electrons. The van der Waals surface area contributed by atoms with Crippen molar-refractivity contribution in [2.24, 2.45) is 4.99 Å². The Morgan fingerprint density at radius 2 is 1.80 bits per heavy atom. The molecule has 1 aromatic heterocycles. The highest BCUT2D eigenvalue weighted by Crippen LogP contribution is 2.32. The molecule has 0 aliphatic carbocycles. The summed E-state index contributed by atoms with van der Waals surface area (Å²) in [4.78, 5) is 33.0.